The van der Waals surface area contributed by atoms with Crippen molar-refractivity contribution in [2.75, 3.05) is 11.9 Å². The summed E-state index contributed by atoms with van der Waals surface area (Å²) in [5, 5.41) is 14.1. The number of esters is 1. The lowest BCUT2D eigenvalue weighted by Crippen LogP contribution is -2.37. The molecule has 7 nitrogen and oxygen atoms in total. The number of benzene rings is 2. The Bertz CT molecular complexity index is 817. The molecule has 0 spiro atoms. The van der Waals surface area contributed by atoms with Gasteiger partial charge in [0.05, 0.1) is 0 Å². The minimum absolute atomic E-state index is 0.0602. The fraction of sp³-hybridized carbons (Fsp3) is 0.167. The van der Waals surface area contributed by atoms with Crippen LogP contribution >= 0.6 is 0 Å². The molecule has 0 heterocycles. The SMILES string of the molecule is Cc1ccc(NC(=O)NC(=O)COC(=O)c2ccccc2O)c(C)c1. The molecule has 0 saturated carbocycles. The van der Waals surface area contributed by atoms with Crippen molar-refractivity contribution in [3.63, 3.8) is 0 Å². The van der Waals surface area contributed by atoms with Crippen molar-refractivity contribution in [1.29, 1.82) is 0 Å². The van der Waals surface area contributed by atoms with Crippen molar-refractivity contribution in [3.8, 4) is 5.75 Å². The Labute approximate surface area is 144 Å². The smallest absolute Gasteiger partial charge is 0.342 e. The normalized spacial score (nSPS) is 10.0. The van der Waals surface area contributed by atoms with E-state index in [4.69, 9.17) is 4.74 Å². The molecule has 2 aromatic carbocycles. The van der Waals surface area contributed by atoms with Crippen molar-refractivity contribution < 1.29 is 24.2 Å². The van der Waals surface area contributed by atoms with Gasteiger partial charge in [-0.3, -0.25) is 10.1 Å². The molecule has 2 rings (SSSR count). The number of ether oxygens (including phenoxy) is 1. The number of phenols is 1. The number of phenolic OH excluding ortho intramolecular Hbond substituents is 1. The summed E-state index contributed by atoms with van der Waals surface area (Å²) in [6, 6.07) is 10.5. The number of carbonyl (C=O) groups is 3. The number of carbonyl (C=O) groups excluding carboxylic acids is 3. The number of hydrogen-bond acceptors (Lipinski definition) is 5. The van der Waals surface area contributed by atoms with Crippen LogP contribution < -0.4 is 10.6 Å². The van der Waals surface area contributed by atoms with Crippen molar-refractivity contribution >= 4 is 23.6 Å². The zero-order valence-electron chi connectivity index (χ0n) is 13.8. The summed E-state index contributed by atoms with van der Waals surface area (Å²) in [7, 11) is 0. The molecular formula is C18H18N2O5. The molecule has 0 unspecified atom stereocenters. The topological polar surface area (TPSA) is 105 Å². The third-order valence-electron chi connectivity index (χ3n) is 3.34. The monoisotopic (exact) mass is 342 g/mol. The molecule has 0 atom stereocenters. The van der Waals surface area contributed by atoms with E-state index in [1.165, 1.54) is 12.1 Å². The lowest BCUT2D eigenvalue weighted by molar-refractivity contribution is -0.123. The maximum Gasteiger partial charge on any atom is 0.342 e. The maximum absolute atomic E-state index is 11.8. The number of urea groups is 1. The van der Waals surface area contributed by atoms with Gasteiger partial charge in [-0.1, -0.05) is 29.8 Å². The third kappa shape index (κ3) is 5.07. The lowest BCUT2D eigenvalue weighted by Gasteiger charge is -2.10. The highest BCUT2D eigenvalue weighted by atomic mass is 16.5. The van der Waals surface area contributed by atoms with Crippen LogP contribution in [-0.4, -0.2) is 29.6 Å². The summed E-state index contributed by atoms with van der Waals surface area (Å²) < 4.78 is 4.77. The van der Waals surface area contributed by atoms with Crippen molar-refractivity contribution in [2.45, 2.75) is 13.8 Å². The van der Waals surface area contributed by atoms with Crippen LogP contribution in [0.2, 0.25) is 0 Å². The van der Waals surface area contributed by atoms with E-state index in [0.29, 0.717) is 5.69 Å². The first-order chi connectivity index (χ1) is 11.9. The Balaban J connectivity index is 1.84. The van der Waals surface area contributed by atoms with Crippen LogP contribution in [0.15, 0.2) is 42.5 Å². The Morgan fingerprint density at radius 3 is 2.48 bits per heavy atom. The lowest BCUT2D eigenvalue weighted by atomic mass is 10.1. The highest BCUT2D eigenvalue weighted by Crippen LogP contribution is 2.17. The fourth-order valence-corrected chi connectivity index (χ4v) is 2.13. The number of amides is 3. The van der Waals surface area contributed by atoms with Gasteiger partial charge in [-0.25, -0.2) is 9.59 Å². The van der Waals surface area contributed by atoms with Crippen LogP contribution in [0.3, 0.4) is 0 Å². The van der Waals surface area contributed by atoms with E-state index in [0.717, 1.165) is 11.1 Å². The average Bonchev–Trinajstić information content (AvgIpc) is 2.55. The maximum atomic E-state index is 11.8. The van der Waals surface area contributed by atoms with Gasteiger partial charge in [-0.15, -0.1) is 0 Å². The van der Waals surface area contributed by atoms with Crippen LogP contribution in [0.25, 0.3) is 0 Å². The third-order valence-corrected chi connectivity index (χ3v) is 3.34. The van der Waals surface area contributed by atoms with Gasteiger partial charge in [0.2, 0.25) is 0 Å². The van der Waals surface area contributed by atoms with E-state index >= 15 is 0 Å². The van der Waals surface area contributed by atoms with Gasteiger partial charge in [0.25, 0.3) is 5.91 Å². The van der Waals surface area contributed by atoms with Gasteiger partial charge in [-0.2, -0.15) is 0 Å². The van der Waals surface area contributed by atoms with Crippen LogP contribution in [-0.2, 0) is 9.53 Å². The fourth-order valence-electron chi connectivity index (χ4n) is 2.13. The zero-order valence-corrected chi connectivity index (χ0v) is 13.8. The van der Waals surface area contributed by atoms with E-state index < -0.39 is 24.5 Å². The standard InChI is InChI=1S/C18H18N2O5/c1-11-7-8-14(12(2)9-11)19-18(24)20-16(22)10-25-17(23)13-5-3-4-6-15(13)21/h3-9,21H,10H2,1-2H3,(H2,19,20,22,24). The molecule has 2 aromatic rings. The van der Waals surface area contributed by atoms with Crippen LogP contribution in [0, 0.1) is 13.8 Å². The molecule has 3 amide bonds. The van der Waals surface area contributed by atoms with Gasteiger partial charge < -0.3 is 15.2 Å². The molecule has 3 N–H and O–H groups in total. The molecule has 0 fully saturated rings. The van der Waals surface area contributed by atoms with Crippen molar-refractivity contribution in [3.05, 3.63) is 59.2 Å². The highest BCUT2D eigenvalue weighted by molar-refractivity contribution is 6.02. The summed E-state index contributed by atoms with van der Waals surface area (Å²) in [5.41, 5.74) is 2.42. The molecule has 0 radical (unpaired) electrons. The highest BCUT2D eigenvalue weighted by Gasteiger charge is 2.15. The summed E-state index contributed by atoms with van der Waals surface area (Å²) in [4.78, 5) is 35.3. The molecular weight excluding hydrogens is 324 g/mol. The van der Waals surface area contributed by atoms with E-state index in [9.17, 15) is 19.5 Å². The van der Waals surface area contributed by atoms with Crippen LogP contribution in [0.5, 0.6) is 5.75 Å². The number of rotatable bonds is 4. The predicted octanol–water partition coefficient (Wildman–Crippen LogP) is 2.51. The molecule has 0 aliphatic carbocycles. The Hall–Kier alpha value is -3.35. The van der Waals surface area contributed by atoms with Gasteiger partial charge >= 0.3 is 12.0 Å². The second-order valence-electron chi connectivity index (χ2n) is 5.41. The van der Waals surface area contributed by atoms with E-state index in [1.807, 2.05) is 26.0 Å². The van der Waals surface area contributed by atoms with Gasteiger partial charge in [0, 0.05) is 5.69 Å². The number of nitrogens with one attached hydrogen (secondary N) is 2. The molecule has 0 saturated heterocycles. The van der Waals surface area contributed by atoms with Crippen molar-refractivity contribution in [2.24, 2.45) is 0 Å². The first-order valence-electron chi connectivity index (χ1n) is 7.50. The van der Waals surface area contributed by atoms with Gasteiger partial charge in [-0.05, 0) is 37.6 Å². The zero-order chi connectivity index (χ0) is 18.4. The second kappa shape index (κ2) is 7.96. The quantitative estimate of drug-likeness (QED) is 0.741. The number of anilines is 1. The van der Waals surface area contributed by atoms with Gasteiger partial charge in [0.15, 0.2) is 6.61 Å². The molecule has 25 heavy (non-hydrogen) atoms. The number of hydrogen-bond donors (Lipinski definition) is 3. The van der Waals surface area contributed by atoms with E-state index in [2.05, 4.69) is 10.6 Å². The summed E-state index contributed by atoms with van der Waals surface area (Å²) in [5.74, 6) is -1.89. The molecule has 0 bridgehead atoms. The molecule has 0 aliphatic rings. The average molecular weight is 342 g/mol. The minimum Gasteiger partial charge on any atom is -0.507 e. The van der Waals surface area contributed by atoms with E-state index in [-0.39, 0.29) is 11.3 Å². The number of aromatic hydroxyl groups is 1. The van der Waals surface area contributed by atoms with Crippen LogP contribution in [0.4, 0.5) is 10.5 Å². The van der Waals surface area contributed by atoms with Crippen molar-refractivity contribution in [1.82, 2.24) is 5.32 Å². The largest absolute Gasteiger partial charge is 0.507 e. The first kappa shape index (κ1) is 18.0. The van der Waals surface area contributed by atoms with Crippen LogP contribution in [0.1, 0.15) is 21.5 Å². The number of para-hydroxylation sites is 1. The second-order valence-corrected chi connectivity index (χ2v) is 5.41. The predicted molar refractivity (Wildman–Crippen MR) is 91.5 cm³/mol. The minimum atomic E-state index is -0.858. The number of aryl methyl sites for hydroxylation is 2. The summed E-state index contributed by atoms with van der Waals surface area (Å²) in [6.45, 7) is 3.12. The van der Waals surface area contributed by atoms with Gasteiger partial charge in [0.1, 0.15) is 11.3 Å². The first-order valence-corrected chi connectivity index (χ1v) is 7.50. The molecule has 130 valence electrons. The molecule has 0 aromatic heterocycles. The Morgan fingerprint density at radius 1 is 1.08 bits per heavy atom. The van der Waals surface area contributed by atoms with E-state index in [1.54, 1.807) is 18.2 Å². The number of imide groups is 1. The molecule has 0 aliphatic heterocycles. The Morgan fingerprint density at radius 2 is 1.80 bits per heavy atom. The Kier molecular flexibility index (Phi) is 5.73. The summed E-state index contributed by atoms with van der Waals surface area (Å²) >= 11 is 0. The molecule has 7 heteroatoms. The summed E-state index contributed by atoms with van der Waals surface area (Å²) in [6.07, 6.45) is 0.